The van der Waals surface area contributed by atoms with Crippen molar-refractivity contribution >= 4 is 6.09 Å². The van der Waals surface area contributed by atoms with E-state index in [1.807, 2.05) is 20.8 Å². The van der Waals surface area contributed by atoms with Crippen LogP contribution < -0.4 is 5.32 Å². The summed E-state index contributed by atoms with van der Waals surface area (Å²) in [6.07, 6.45) is 0.960. The summed E-state index contributed by atoms with van der Waals surface area (Å²) >= 11 is 0. The number of alkyl carbamates (subject to hydrolysis) is 1. The van der Waals surface area contributed by atoms with Crippen molar-refractivity contribution in [3.63, 3.8) is 0 Å². The van der Waals surface area contributed by atoms with Gasteiger partial charge in [0.15, 0.2) is 0 Å². The van der Waals surface area contributed by atoms with Gasteiger partial charge in [-0.2, -0.15) is 0 Å². The van der Waals surface area contributed by atoms with Gasteiger partial charge in [-0.05, 0) is 27.2 Å². The molecule has 0 spiro atoms. The molecule has 0 radical (unpaired) electrons. The molecule has 0 aromatic carbocycles. The van der Waals surface area contributed by atoms with Gasteiger partial charge in [-0.15, -0.1) is 0 Å². The van der Waals surface area contributed by atoms with Crippen LogP contribution in [0.4, 0.5) is 4.79 Å². The highest BCUT2D eigenvalue weighted by Gasteiger charge is 2.53. The van der Waals surface area contributed by atoms with E-state index in [0.29, 0.717) is 6.61 Å². The first kappa shape index (κ1) is 12.6. The lowest BCUT2D eigenvalue weighted by molar-refractivity contribution is 0.00435. The third-order valence-electron chi connectivity index (χ3n) is 2.92. The molecule has 5 nitrogen and oxygen atoms in total. The second kappa shape index (κ2) is 4.46. The van der Waals surface area contributed by atoms with Crippen LogP contribution in [0.5, 0.6) is 0 Å². The van der Waals surface area contributed by atoms with Crippen LogP contribution in [0.25, 0.3) is 0 Å². The molecule has 98 valence electrons. The zero-order valence-electron chi connectivity index (χ0n) is 10.9. The number of rotatable bonds is 2. The fourth-order valence-corrected chi connectivity index (χ4v) is 2.11. The van der Waals surface area contributed by atoms with Crippen LogP contribution in [0.1, 0.15) is 34.1 Å². The highest BCUT2D eigenvalue weighted by Crippen LogP contribution is 2.35. The molecule has 0 saturated carbocycles. The van der Waals surface area contributed by atoms with Crippen molar-refractivity contribution in [2.24, 2.45) is 0 Å². The molecule has 2 saturated heterocycles. The maximum Gasteiger partial charge on any atom is 0.408 e. The molecule has 2 fully saturated rings. The second-order valence-electron chi connectivity index (χ2n) is 5.60. The van der Waals surface area contributed by atoms with E-state index in [9.17, 15) is 4.79 Å². The van der Waals surface area contributed by atoms with Crippen molar-refractivity contribution in [1.82, 2.24) is 5.32 Å². The number of hydrogen-bond donors (Lipinski definition) is 1. The predicted molar refractivity (Wildman–Crippen MR) is 61.8 cm³/mol. The highest BCUT2D eigenvalue weighted by atomic mass is 16.6. The van der Waals surface area contributed by atoms with Gasteiger partial charge in [0.25, 0.3) is 0 Å². The number of carbonyl (C=O) groups is 1. The smallest absolute Gasteiger partial charge is 0.408 e. The van der Waals surface area contributed by atoms with Crippen LogP contribution in [-0.2, 0) is 14.2 Å². The SMILES string of the molecule is CC[C@H]1OC[C@H](NC(=O)OC(C)(C)C)[C@@H]2O[C@@H]21. The van der Waals surface area contributed by atoms with Crippen LogP contribution in [0.2, 0.25) is 0 Å². The summed E-state index contributed by atoms with van der Waals surface area (Å²) in [5.74, 6) is 0. The Morgan fingerprint density at radius 1 is 1.41 bits per heavy atom. The maximum atomic E-state index is 11.6. The van der Waals surface area contributed by atoms with Crippen LogP contribution >= 0.6 is 0 Å². The summed E-state index contributed by atoms with van der Waals surface area (Å²) in [5, 5.41) is 2.80. The van der Waals surface area contributed by atoms with Gasteiger partial charge in [-0.3, -0.25) is 0 Å². The minimum absolute atomic E-state index is 0.0855. The minimum Gasteiger partial charge on any atom is -0.444 e. The summed E-state index contributed by atoms with van der Waals surface area (Å²) < 4.78 is 16.4. The number of nitrogens with one attached hydrogen (secondary N) is 1. The Hall–Kier alpha value is -0.810. The molecule has 2 rings (SSSR count). The van der Waals surface area contributed by atoms with Gasteiger partial charge in [0.05, 0.1) is 18.8 Å². The van der Waals surface area contributed by atoms with E-state index >= 15 is 0 Å². The van der Waals surface area contributed by atoms with Gasteiger partial charge in [0, 0.05) is 0 Å². The average molecular weight is 243 g/mol. The number of carbonyl (C=O) groups excluding carboxylic acids is 1. The molecule has 0 bridgehead atoms. The van der Waals surface area contributed by atoms with Crippen LogP contribution in [0, 0.1) is 0 Å². The van der Waals surface area contributed by atoms with Crippen molar-refractivity contribution in [2.45, 2.75) is 64.1 Å². The Morgan fingerprint density at radius 3 is 2.71 bits per heavy atom. The second-order valence-corrected chi connectivity index (χ2v) is 5.60. The molecule has 2 aliphatic rings. The Kier molecular flexibility index (Phi) is 3.32. The summed E-state index contributed by atoms with van der Waals surface area (Å²) in [7, 11) is 0. The topological polar surface area (TPSA) is 60.1 Å². The van der Waals surface area contributed by atoms with Crippen LogP contribution in [0.15, 0.2) is 0 Å². The fourth-order valence-electron chi connectivity index (χ4n) is 2.11. The van der Waals surface area contributed by atoms with Crippen molar-refractivity contribution in [2.75, 3.05) is 6.61 Å². The lowest BCUT2D eigenvalue weighted by Crippen LogP contribution is -2.49. The quantitative estimate of drug-likeness (QED) is 0.746. The molecule has 0 aromatic heterocycles. The van der Waals surface area contributed by atoms with Gasteiger partial charge < -0.3 is 19.5 Å². The van der Waals surface area contributed by atoms with E-state index in [0.717, 1.165) is 6.42 Å². The summed E-state index contributed by atoms with van der Waals surface area (Å²) in [6.45, 7) is 8.10. The Bertz CT molecular complexity index is 299. The lowest BCUT2D eigenvalue weighted by Gasteiger charge is -2.27. The molecular formula is C12H21NO4. The van der Waals surface area contributed by atoms with Crippen molar-refractivity contribution in [1.29, 1.82) is 0 Å². The number of hydrogen-bond acceptors (Lipinski definition) is 4. The first-order valence-electron chi connectivity index (χ1n) is 6.17. The van der Waals surface area contributed by atoms with E-state index in [2.05, 4.69) is 12.2 Å². The number of ether oxygens (including phenoxy) is 3. The molecule has 1 amide bonds. The van der Waals surface area contributed by atoms with Gasteiger partial charge >= 0.3 is 6.09 Å². The normalized spacial score (nSPS) is 36.0. The van der Waals surface area contributed by atoms with Crippen LogP contribution in [-0.4, -0.2) is 42.7 Å². The van der Waals surface area contributed by atoms with E-state index in [1.165, 1.54) is 0 Å². The monoisotopic (exact) mass is 243 g/mol. The summed E-state index contributed by atoms with van der Waals surface area (Å²) in [5.41, 5.74) is -0.477. The van der Waals surface area contributed by atoms with Gasteiger partial charge in [-0.25, -0.2) is 4.79 Å². The third kappa shape index (κ3) is 3.10. The van der Waals surface area contributed by atoms with E-state index in [-0.39, 0.29) is 24.4 Å². The Morgan fingerprint density at radius 2 is 2.12 bits per heavy atom. The minimum atomic E-state index is -0.477. The third-order valence-corrected chi connectivity index (χ3v) is 2.92. The van der Waals surface area contributed by atoms with Crippen LogP contribution in [0.3, 0.4) is 0 Å². The molecule has 0 aromatic rings. The van der Waals surface area contributed by atoms with E-state index < -0.39 is 11.7 Å². The van der Waals surface area contributed by atoms with E-state index in [1.54, 1.807) is 0 Å². The molecule has 0 unspecified atom stereocenters. The summed E-state index contributed by atoms with van der Waals surface area (Å²) in [4.78, 5) is 11.6. The lowest BCUT2D eigenvalue weighted by atomic mass is 10.0. The van der Waals surface area contributed by atoms with Gasteiger partial charge in [0.2, 0.25) is 0 Å². The van der Waals surface area contributed by atoms with Gasteiger partial charge in [-0.1, -0.05) is 6.92 Å². The van der Waals surface area contributed by atoms with E-state index in [4.69, 9.17) is 14.2 Å². The fraction of sp³-hybridized carbons (Fsp3) is 0.917. The molecular weight excluding hydrogens is 222 g/mol. The number of amides is 1. The number of epoxide rings is 1. The molecule has 5 heteroatoms. The zero-order valence-corrected chi connectivity index (χ0v) is 10.9. The van der Waals surface area contributed by atoms with Gasteiger partial charge in [0.1, 0.15) is 17.8 Å². The predicted octanol–water partition coefficient (Wildman–Crippen LogP) is 1.46. The molecule has 2 aliphatic heterocycles. The molecule has 4 atom stereocenters. The first-order chi connectivity index (χ1) is 7.90. The first-order valence-corrected chi connectivity index (χ1v) is 6.17. The van der Waals surface area contributed by atoms with Crippen molar-refractivity contribution in [3.8, 4) is 0 Å². The molecule has 1 N–H and O–H groups in total. The average Bonchev–Trinajstić information content (AvgIpc) is 2.95. The van der Waals surface area contributed by atoms with Crippen molar-refractivity contribution < 1.29 is 19.0 Å². The Balaban J connectivity index is 1.80. The molecule has 0 aliphatic carbocycles. The maximum absolute atomic E-state index is 11.6. The largest absolute Gasteiger partial charge is 0.444 e. The Labute approximate surface area is 102 Å². The summed E-state index contributed by atoms with van der Waals surface area (Å²) in [6, 6.07) is -0.0855. The molecule has 17 heavy (non-hydrogen) atoms. The number of fused-ring (bicyclic) bond motifs is 1. The molecule has 2 heterocycles. The zero-order chi connectivity index (χ0) is 12.6. The standard InChI is InChI=1S/C12H21NO4/c1-5-8-10-9(16-10)7(6-15-8)13-11(14)17-12(2,3)4/h7-10H,5-6H2,1-4H3,(H,13,14)/t7-,8+,9-,10+/m0/s1. The van der Waals surface area contributed by atoms with Crippen molar-refractivity contribution in [3.05, 3.63) is 0 Å². The highest BCUT2D eigenvalue weighted by molar-refractivity contribution is 5.68.